The zero-order valence-electron chi connectivity index (χ0n) is 9.22. The van der Waals surface area contributed by atoms with Gasteiger partial charge >= 0.3 is 0 Å². The molecule has 0 bridgehead atoms. The van der Waals surface area contributed by atoms with Gasteiger partial charge in [0.15, 0.2) is 0 Å². The van der Waals surface area contributed by atoms with Crippen LogP contribution in [0.2, 0.25) is 4.34 Å². The van der Waals surface area contributed by atoms with E-state index in [1.807, 2.05) is 6.07 Å². The Morgan fingerprint density at radius 1 is 1.47 bits per heavy atom. The largest absolute Gasteiger partial charge is 0.362 e. The number of thiophene rings is 1. The minimum Gasteiger partial charge on any atom is -0.362 e. The summed E-state index contributed by atoms with van der Waals surface area (Å²) in [4.78, 5) is 2.43. The van der Waals surface area contributed by atoms with Gasteiger partial charge < -0.3 is 10.2 Å². The van der Waals surface area contributed by atoms with Gasteiger partial charge in [-0.05, 0) is 17.5 Å². The Hall–Kier alpha value is -0.250. The lowest BCUT2D eigenvalue weighted by atomic mass is 9.93. The molecule has 1 aromatic heterocycles. The lowest BCUT2D eigenvalue weighted by Crippen LogP contribution is -2.34. The number of rotatable bonds is 1. The van der Waals surface area contributed by atoms with Gasteiger partial charge in [0.05, 0.1) is 9.34 Å². The predicted molar refractivity (Wildman–Crippen MR) is 68.2 cm³/mol. The summed E-state index contributed by atoms with van der Waals surface area (Å²) in [6.45, 7) is 8.90. The highest BCUT2D eigenvalue weighted by Crippen LogP contribution is 2.32. The van der Waals surface area contributed by atoms with Gasteiger partial charge in [0, 0.05) is 26.2 Å². The van der Waals surface area contributed by atoms with Crippen LogP contribution in [0, 0.1) is 5.41 Å². The molecule has 0 aliphatic carbocycles. The van der Waals surface area contributed by atoms with Crippen LogP contribution in [0.1, 0.15) is 13.8 Å². The third-order valence-corrected chi connectivity index (χ3v) is 3.94. The average molecular weight is 245 g/mol. The fourth-order valence-corrected chi connectivity index (χ4v) is 3.01. The maximum Gasteiger partial charge on any atom is 0.0950 e. The molecule has 1 N–H and O–H groups in total. The van der Waals surface area contributed by atoms with Crippen molar-refractivity contribution in [3.05, 3.63) is 16.5 Å². The Bertz CT molecular complexity index is 335. The van der Waals surface area contributed by atoms with Crippen LogP contribution in [0.15, 0.2) is 12.1 Å². The van der Waals surface area contributed by atoms with E-state index in [-0.39, 0.29) is 0 Å². The van der Waals surface area contributed by atoms with Crippen molar-refractivity contribution in [1.82, 2.24) is 5.32 Å². The number of nitrogens with zero attached hydrogens (tertiary/aromatic N) is 1. The maximum absolute atomic E-state index is 5.97. The van der Waals surface area contributed by atoms with Crippen molar-refractivity contribution in [2.45, 2.75) is 13.8 Å². The summed E-state index contributed by atoms with van der Waals surface area (Å²) in [6.07, 6.45) is 0. The molecule has 0 amide bonds. The minimum absolute atomic E-state index is 0.326. The Labute approximate surface area is 100 Å². The molecule has 1 saturated heterocycles. The van der Waals surface area contributed by atoms with E-state index in [2.05, 4.69) is 30.1 Å². The molecule has 0 spiro atoms. The minimum atomic E-state index is 0.326. The number of hydrogen-bond acceptors (Lipinski definition) is 3. The summed E-state index contributed by atoms with van der Waals surface area (Å²) in [5, 5.41) is 4.76. The topological polar surface area (TPSA) is 15.3 Å². The van der Waals surface area contributed by atoms with Gasteiger partial charge in [-0.3, -0.25) is 0 Å². The van der Waals surface area contributed by atoms with E-state index in [9.17, 15) is 0 Å². The van der Waals surface area contributed by atoms with Crippen LogP contribution >= 0.6 is 22.9 Å². The number of hydrogen-bond donors (Lipinski definition) is 1. The molecular formula is C11H17ClN2S. The molecule has 2 nitrogen and oxygen atoms in total. The third-order valence-electron chi connectivity index (χ3n) is 2.65. The van der Waals surface area contributed by atoms with Gasteiger partial charge in [-0.2, -0.15) is 0 Å². The number of nitrogens with one attached hydrogen (secondary N) is 1. The SMILES string of the molecule is CC1(C)CNCCN(c2ccc(Cl)s2)C1. The molecule has 15 heavy (non-hydrogen) atoms. The molecule has 0 unspecified atom stereocenters. The Balaban J connectivity index is 2.14. The molecule has 1 fully saturated rings. The van der Waals surface area contributed by atoms with E-state index >= 15 is 0 Å². The van der Waals surface area contributed by atoms with Crippen LogP contribution in [0.25, 0.3) is 0 Å². The molecular weight excluding hydrogens is 228 g/mol. The van der Waals surface area contributed by atoms with Crippen molar-refractivity contribution in [2.75, 3.05) is 31.1 Å². The summed E-state index contributed by atoms with van der Waals surface area (Å²) in [5.41, 5.74) is 0.326. The fourth-order valence-electron chi connectivity index (χ4n) is 1.96. The first-order chi connectivity index (χ1) is 7.07. The van der Waals surface area contributed by atoms with Gasteiger partial charge in [-0.25, -0.2) is 0 Å². The molecule has 0 aromatic carbocycles. The van der Waals surface area contributed by atoms with Crippen LogP contribution in [-0.2, 0) is 0 Å². The van der Waals surface area contributed by atoms with Crippen LogP contribution in [0.3, 0.4) is 0 Å². The van der Waals surface area contributed by atoms with E-state index in [1.54, 1.807) is 11.3 Å². The second-order valence-electron chi connectivity index (χ2n) is 4.84. The van der Waals surface area contributed by atoms with E-state index in [0.717, 1.165) is 30.5 Å². The Morgan fingerprint density at radius 3 is 2.93 bits per heavy atom. The third kappa shape index (κ3) is 2.86. The average Bonchev–Trinajstić information content (AvgIpc) is 2.49. The van der Waals surface area contributed by atoms with Crippen molar-refractivity contribution < 1.29 is 0 Å². The quantitative estimate of drug-likeness (QED) is 0.817. The molecule has 4 heteroatoms. The molecule has 0 atom stereocenters. The van der Waals surface area contributed by atoms with Crippen molar-refractivity contribution in [2.24, 2.45) is 5.41 Å². The highest BCUT2D eigenvalue weighted by molar-refractivity contribution is 7.19. The monoisotopic (exact) mass is 244 g/mol. The highest BCUT2D eigenvalue weighted by atomic mass is 35.5. The van der Waals surface area contributed by atoms with Crippen LogP contribution in [0.5, 0.6) is 0 Å². The standard InChI is InChI=1S/C11H17ClN2S/c1-11(2)7-13-5-6-14(8-11)10-4-3-9(12)15-10/h3-4,13H,5-8H2,1-2H3. The molecule has 2 heterocycles. The molecule has 84 valence electrons. The maximum atomic E-state index is 5.97. The highest BCUT2D eigenvalue weighted by Gasteiger charge is 2.25. The first kappa shape index (κ1) is 11.2. The zero-order chi connectivity index (χ0) is 10.9. The number of anilines is 1. The van der Waals surface area contributed by atoms with Crippen LogP contribution < -0.4 is 10.2 Å². The van der Waals surface area contributed by atoms with Gasteiger partial charge in [0.1, 0.15) is 0 Å². The predicted octanol–water partition coefficient (Wildman–Crippen LogP) is 2.84. The fraction of sp³-hybridized carbons (Fsp3) is 0.636. The van der Waals surface area contributed by atoms with E-state index in [4.69, 9.17) is 11.6 Å². The second kappa shape index (κ2) is 4.32. The summed E-state index contributed by atoms with van der Waals surface area (Å²) < 4.78 is 0.875. The molecule has 0 radical (unpaired) electrons. The lowest BCUT2D eigenvalue weighted by Gasteiger charge is -2.29. The smallest absolute Gasteiger partial charge is 0.0950 e. The van der Waals surface area contributed by atoms with Crippen LogP contribution in [0.4, 0.5) is 5.00 Å². The molecule has 0 saturated carbocycles. The van der Waals surface area contributed by atoms with E-state index in [1.165, 1.54) is 5.00 Å². The molecule has 1 aromatic rings. The normalized spacial score (nSPS) is 21.4. The lowest BCUT2D eigenvalue weighted by molar-refractivity contribution is 0.371. The van der Waals surface area contributed by atoms with E-state index < -0.39 is 0 Å². The van der Waals surface area contributed by atoms with Crippen molar-refractivity contribution in [1.29, 1.82) is 0 Å². The van der Waals surface area contributed by atoms with E-state index in [0.29, 0.717) is 5.41 Å². The molecule has 1 aliphatic rings. The number of halogens is 1. The van der Waals surface area contributed by atoms with Gasteiger partial charge in [-0.15, -0.1) is 11.3 Å². The first-order valence-electron chi connectivity index (χ1n) is 5.28. The van der Waals surface area contributed by atoms with Gasteiger partial charge in [-0.1, -0.05) is 25.4 Å². The second-order valence-corrected chi connectivity index (χ2v) is 6.53. The van der Waals surface area contributed by atoms with Gasteiger partial charge in [0.2, 0.25) is 0 Å². The first-order valence-corrected chi connectivity index (χ1v) is 6.47. The Kier molecular flexibility index (Phi) is 3.24. The summed E-state index contributed by atoms with van der Waals surface area (Å²) in [6, 6.07) is 4.10. The van der Waals surface area contributed by atoms with Crippen molar-refractivity contribution >= 4 is 27.9 Å². The van der Waals surface area contributed by atoms with Crippen molar-refractivity contribution in [3.63, 3.8) is 0 Å². The summed E-state index contributed by atoms with van der Waals surface area (Å²) in [7, 11) is 0. The summed E-state index contributed by atoms with van der Waals surface area (Å²) >= 11 is 7.64. The molecule has 2 rings (SSSR count). The Morgan fingerprint density at radius 2 is 2.27 bits per heavy atom. The zero-order valence-corrected chi connectivity index (χ0v) is 10.8. The summed E-state index contributed by atoms with van der Waals surface area (Å²) in [5.74, 6) is 0. The molecule has 1 aliphatic heterocycles. The van der Waals surface area contributed by atoms with Gasteiger partial charge in [0.25, 0.3) is 0 Å². The van der Waals surface area contributed by atoms with Crippen LogP contribution in [-0.4, -0.2) is 26.2 Å². The van der Waals surface area contributed by atoms with Crippen molar-refractivity contribution in [3.8, 4) is 0 Å².